The first-order chi connectivity index (χ1) is 10.7. The zero-order valence-corrected chi connectivity index (χ0v) is 12.4. The van der Waals surface area contributed by atoms with E-state index in [-0.39, 0.29) is 18.4 Å². The summed E-state index contributed by atoms with van der Waals surface area (Å²) in [5.74, 6) is 1.22. The van der Waals surface area contributed by atoms with Crippen molar-refractivity contribution in [2.75, 3.05) is 32.9 Å². The maximum Gasteiger partial charge on any atom is 0.274 e. The fraction of sp³-hybridized carbons (Fsp3) is 0.467. The van der Waals surface area contributed by atoms with Crippen LogP contribution in [0.4, 0.5) is 0 Å². The molecule has 7 heteroatoms. The van der Waals surface area contributed by atoms with Crippen molar-refractivity contribution in [3.05, 3.63) is 29.7 Å². The van der Waals surface area contributed by atoms with Crippen LogP contribution < -0.4 is 0 Å². The van der Waals surface area contributed by atoms with Crippen molar-refractivity contribution in [1.29, 1.82) is 0 Å². The molecule has 0 bridgehead atoms. The minimum Gasteiger partial charge on any atom is -0.460 e. The average Bonchev–Trinajstić information content (AvgIpc) is 3.10. The van der Waals surface area contributed by atoms with Crippen molar-refractivity contribution in [3.63, 3.8) is 0 Å². The number of hydrogen-bond acceptors (Lipinski definition) is 5. The SMILES string of the molecule is Cc1ccc(-c2cc(C(=O)N3CCOC[C@@H](CO)C3)n[nH]2)o1. The molecule has 1 saturated heterocycles. The molecule has 0 unspecified atom stereocenters. The second kappa shape index (κ2) is 6.33. The fourth-order valence-electron chi connectivity index (χ4n) is 2.47. The summed E-state index contributed by atoms with van der Waals surface area (Å²) in [4.78, 5) is 14.2. The van der Waals surface area contributed by atoms with Gasteiger partial charge in [0.05, 0.1) is 13.2 Å². The van der Waals surface area contributed by atoms with Crippen molar-refractivity contribution in [1.82, 2.24) is 15.1 Å². The van der Waals surface area contributed by atoms with Crippen molar-refractivity contribution in [3.8, 4) is 11.5 Å². The molecule has 22 heavy (non-hydrogen) atoms. The number of aryl methyl sites for hydroxylation is 1. The van der Waals surface area contributed by atoms with Crippen LogP contribution in [0.1, 0.15) is 16.2 Å². The molecule has 118 valence electrons. The molecule has 7 nitrogen and oxygen atoms in total. The van der Waals surface area contributed by atoms with E-state index in [2.05, 4.69) is 10.2 Å². The number of furan rings is 1. The van der Waals surface area contributed by atoms with Gasteiger partial charge in [0, 0.05) is 31.7 Å². The first-order valence-electron chi connectivity index (χ1n) is 7.27. The summed E-state index contributed by atoms with van der Waals surface area (Å²) >= 11 is 0. The largest absolute Gasteiger partial charge is 0.460 e. The van der Waals surface area contributed by atoms with E-state index in [1.54, 1.807) is 11.0 Å². The summed E-state index contributed by atoms with van der Waals surface area (Å²) in [6.07, 6.45) is 0. The van der Waals surface area contributed by atoms with E-state index < -0.39 is 0 Å². The number of nitrogens with zero attached hydrogens (tertiary/aromatic N) is 2. The highest BCUT2D eigenvalue weighted by molar-refractivity contribution is 5.93. The van der Waals surface area contributed by atoms with Crippen molar-refractivity contribution in [2.24, 2.45) is 5.92 Å². The highest BCUT2D eigenvalue weighted by Gasteiger charge is 2.25. The normalized spacial score (nSPS) is 19.2. The molecule has 1 fully saturated rings. The van der Waals surface area contributed by atoms with Gasteiger partial charge in [0.25, 0.3) is 5.91 Å². The van der Waals surface area contributed by atoms with Gasteiger partial charge < -0.3 is 19.2 Å². The molecule has 0 radical (unpaired) electrons. The van der Waals surface area contributed by atoms with Gasteiger partial charge in [0.15, 0.2) is 11.5 Å². The van der Waals surface area contributed by atoms with Crippen molar-refractivity contribution >= 4 is 5.91 Å². The molecular formula is C15H19N3O4. The highest BCUT2D eigenvalue weighted by Crippen LogP contribution is 2.21. The maximum atomic E-state index is 12.5. The molecule has 3 heterocycles. The third kappa shape index (κ3) is 3.05. The van der Waals surface area contributed by atoms with Gasteiger partial charge in [-0.25, -0.2) is 0 Å². The third-order valence-corrected chi connectivity index (χ3v) is 3.69. The Kier molecular flexibility index (Phi) is 4.26. The molecule has 0 aromatic carbocycles. The van der Waals surface area contributed by atoms with Gasteiger partial charge in [-0.3, -0.25) is 9.89 Å². The van der Waals surface area contributed by atoms with Crippen LogP contribution in [-0.2, 0) is 4.74 Å². The number of aliphatic hydroxyl groups is 1. The smallest absolute Gasteiger partial charge is 0.274 e. The van der Waals surface area contributed by atoms with Crippen LogP contribution in [0.2, 0.25) is 0 Å². The van der Waals surface area contributed by atoms with E-state index in [1.165, 1.54) is 0 Å². The van der Waals surface area contributed by atoms with E-state index in [0.29, 0.717) is 43.5 Å². The second-order valence-corrected chi connectivity index (χ2v) is 5.45. The van der Waals surface area contributed by atoms with Gasteiger partial charge in [0.2, 0.25) is 0 Å². The number of ether oxygens (including phenoxy) is 1. The number of rotatable bonds is 3. The van der Waals surface area contributed by atoms with Gasteiger partial charge in [0.1, 0.15) is 11.5 Å². The van der Waals surface area contributed by atoms with Crippen LogP contribution in [0.3, 0.4) is 0 Å². The summed E-state index contributed by atoms with van der Waals surface area (Å²) in [6, 6.07) is 5.37. The molecule has 2 aromatic heterocycles. The number of aliphatic hydroxyl groups excluding tert-OH is 1. The van der Waals surface area contributed by atoms with Crippen LogP contribution in [0.25, 0.3) is 11.5 Å². The number of nitrogens with one attached hydrogen (secondary N) is 1. The van der Waals surface area contributed by atoms with Crippen LogP contribution in [0, 0.1) is 12.8 Å². The molecule has 1 atom stereocenters. The van der Waals surface area contributed by atoms with Crippen molar-refractivity contribution in [2.45, 2.75) is 6.92 Å². The van der Waals surface area contributed by atoms with Crippen LogP contribution >= 0.6 is 0 Å². The first kappa shape index (κ1) is 14.8. The Morgan fingerprint density at radius 1 is 1.55 bits per heavy atom. The van der Waals surface area contributed by atoms with E-state index in [9.17, 15) is 9.90 Å². The Morgan fingerprint density at radius 2 is 2.41 bits per heavy atom. The monoisotopic (exact) mass is 305 g/mol. The summed E-state index contributed by atoms with van der Waals surface area (Å²) in [7, 11) is 0. The molecule has 1 amide bonds. The summed E-state index contributed by atoms with van der Waals surface area (Å²) < 4.78 is 10.9. The van der Waals surface area contributed by atoms with Gasteiger partial charge in [-0.1, -0.05) is 0 Å². The third-order valence-electron chi connectivity index (χ3n) is 3.69. The number of carbonyl (C=O) groups is 1. The number of aromatic amines is 1. The summed E-state index contributed by atoms with van der Waals surface area (Å²) in [5.41, 5.74) is 1.00. The van der Waals surface area contributed by atoms with Crippen LogP contribution in [0.15, 0.2) is 22.6 Å². The molecule has 0 aliphatic carbocycles. The lowest BCUT2D eigenvalue weighted by molar-refractivity contribution is 0.0722. The Balaban J connectivity index is 1.76. The molecule has 1 aliphatic heterocycles. The van der Waals surface area contributed by atoms with Gasteiger partial charge >= 0.3 is 0 Å². The van der Waals surface area contributed by atoms with Crippen LogP contribution in [-0.4, -0.2) is 59.0 Å². The lowest BCUT2D eigenvalue weighted by atomic mass is 10.1. The molecule has 0 saturated carbocycles. The van der Waals surface area contributed by atoms with E-state index in [0.717, 1.165) is 5.76 Å². The minimum atomic E-state index is -0.172. The maximum absolute atomic E-state index is 12.5. The molecule has 0 spiro atoms. The lowest BCUT2D eigenvalue weighted by Crippen LogP contribution is -2.37. The Morgan fingerprint density at radius 3 is 3.14 bits per heavy atom. The van der Waals surface area contributed by atoms with Crippen LogP contribution in [0.5, 0.6) is 0 Å². The molecular weight excluding hydrogens is 286 g/mol. The predicted molar refractivity (Wildman–Crippen MR) is 78.3 cm³/mol. The number of hydrogen-bond donors (Lipinski definition) is 2. The zero-order valence-electron chi connectivity index (χ0n) is 12.4. The molecule has 2 N–H and O–H groups in total. The standard InChI is InChI=1S/C15H19N3O4/c1-10-2-3-14(22-10)12-6-13(17-16-12)15(20)18-4-5-21-9-11(7-18)8-19/h2-3,6,11,19H,4-5,7-9H2,1H3,(H,16,17)/t11-/m1/s1. The molecule has 2 aromatic rings. The first-order valence-corrected chi connectivity index (χ1v) is 7.27. The van der Waals surface area contributed by atoms with E-state index in [1.807, 2.05) is 19.1 Å². The number of aromatic nitrogens is 2. The Hall–Kier alpha value is -2.12. The van der Waals surface area contributed by atoms with E-state index >= 15 is 0 Å². The predicted octanol–water partition coefficient (Wildman–Crippen LogP) is 1.06. The average molecular weight is 305 g/mol. The van der Waals surface area contributed by atoms with E-state index in [4.69, 9.17) is 9.15 Å². The number of amides is 1. The molecule has 1 aliphatic rings. The lowest BCUT2D eigenvalue weighted by Gasteiger charge is -2.21. The minimum absolute atomic E-state index is 0.00126. The zero-order chi connectivity index (χ0) is 15.5. The quantitative estimate of drug-likeness (QED) is 0.884. The Labute approximate surface area is 127 Å². The van der Waals surface area contributed by atoms with Crippen molar-refractivity contribution < 1.29 is 19.1 Å². The number of H-pyrrole nitrogens is 1. The topological polar surface area (TPSA) is 91.6 Å². The number of carbonyl (C=O) groups excluding carboxylic acids is 1. The van der Waals surface area contributed by atoms with Gasteiger partial charge in [-0.15, -0.1) is 0 Å². The van der Waals surface area contributed by atoms with Gasteiger partial charge in [-0.2, -0.15) is 5.10 Å². The second-order valence-electron chi connectivity index (χ2n) is 5.45. The van der Waals surface area contributed by atoms with Gasteiger partial charge in [-0.05, 0) is 19.1 Å². The fourth-order valence-corrected chi connectivity index (χ4v) is 2.47. The molecule has 3 rings (SSSR count). The Bertz CT molecular complexity index is 649. The summed E-state index contributed by atoms with van der Waals surface area (Å²) in [5, 5.41) is 16.2. The summed E-state index contributed by atoms with van der Waals surface area (Å²) in [6.45, 7) is 3.77. The highest BCUT2D eigenvalue weighted by atomic mass is 16.5.